The fourth-order valence-electron chi connectivity index (χ4n) is 2.20. The van der Waals surface area contributed by atoms with Crippen LogP contribution < -0.4 is 5.32 Å². The zero-order valence-corrected chi connectivity index (χ0v) is 12.7. The first-order valence-electron chi connectivity index (χ1n) is 6.63. The van der Waals surface area contributed by atoms with Crippen LogP contribution in [0, 0.1) is 0 Å². The molecule has 1 aliphatic heterocycles. The number of ether oxygens (including phenoxy) is 1. The summed E-state index contributed by atoms with van der Waals surface area (Å²) >= 11 is 12.2. The van der Waals surface area contributed by atoms with Crippen molar-refractivity contribution in [2.45, 2.75) is 19.5 Å². The topological polar surface area (TPSA) is 24.5 Å². The van der Waals surface area contributed by atoms with Gasteiger partial charge in [0.25, 0.3) is 0 Å². The summed E-state index contributed by atoms with van der Waals surface area (Å²) in [6, 6.07) is 6.15. The van der Waals surface area contributed by atoms with Gasteiger partial charge in [0.1, 0.15) is 0 Å². The maximum Gasteiger partial charge on any atom is 0.0637 e. The molecule has 1 aromatic carbocycles. The summed E-state index contributed by atoms with van der Waals surface area (Å²) in [7, 11) is 0. The van der Waals surface area contributed by atoms with Gasteiger partial charge in [-0.2, -0.15) is 0 Å². The van der Waals surface area contributed by atoms with E-state index in [0.29, 0.717) is 16.1 Å². The van der Waals surface area contributed by atoms with Gasteiger partial charge in [-0.15, -0.1) is 0 Å². The van der Waals surface area contributed by atoms with E-state index < -0.39 is 0 Å². The molecule has 1 aromatic rings. The highest BCUT2D eigenvalue weighted by Gasteiger charge is 2.13. The Morgan fingerprint density at radius 3 is 2.79 bits per heavy atom. The lowest BCUT2D eigenvalue weighted by Crippen LogP contribution is -2.44. The third kappa shape index (κ3) is 4.62. The van der Waals surface area contributed by atoms with Gasteiger partial charge >= 0.3 is 0 Å². The zero-order valence-electron chi connectivity index (χ0n) is 11.2. The van der Waals surface area contributed by atoms with Gasteiger partial charge in [-0.05, 0) is 18.6 Å². The molecule has 1 fully saturated rings. The molecular weight excluding hydrogens is 283 g/mol. The summed E-state index contributed by atoms with van der Waals surface area (Å²) in [5.74, 6) is 0. The second-order valence-corrected chi connectivity index (χ2v) is 5.69. The lowest BCUT2D eigenvalue weighted by atomic mass is 10.2. The highest BCUT2D eigenvalue weighted by Crippen LogP contribution is 2.25. The van der Waals surface area contributed by atoms with E-state index >= 15 is 0 Å². The number of benzene rings is 1. The van der Waals surface area contributed by atoms with Crippen molar-refractivity contribution in [2.75, 3.05) is 32.8 Å². The van der Waals surface area contributed by atoms with Crippen molar-refractivity contribution in [3.8, 4) is 0 Å². The van der Waals surface area contributed by atoms with Gasteiger partial charge in [-0.25, -0.2) is 0 Å². The Balaban J connectivity index is 1.79. The van der Waals surface area contributed by atoms with Crippen LogP contribution in [0.4, 0.5) is 0 Å². The van der Waals surface area contributed by atoms with E-state index in [9.17, 15) is 0 Å². The summed E-state index contributed by atoms with van der Waals surface area (Å²) in [6.45, 7) is 7.67. The summed E-state index contributed by atoms with van der Waals surface area (Å²) in [5.41, 5.74) is 1.04. The van der Waals surface area contributed by atoms with Crippen molar-refractivity contribution in [1.29, 1.82) is 0 Å². The summed E-state index contributed by atoms with van der Waals surface area (Å²) < 4.78 is 5.35. The van der Waals surface area contributed by atoms with Crippen LogP contribution in [-0.2, 0) is 11.3 Å². The van der Waals surface area contributed by atoms with Gasteiger partial charge in [0.2, 0.25) is 0 Å². The predicted molar refractivity (Wildman–Crippen MR) is 80.0 cm³/mol. The molecule has 5 heteroatoms. The van der Waals surface area contributed by atoms with E-state index in [-0.39, 0.29) is 0 Å². The average Bonchev–Trinajstić information content (AvgIpc) is 2.42. The van der Waals surface area contributed by atoms with Gasteiger partial charge in [0, 0.05) is 32.2 Å². The largest absolute Gasteiger partial charge is 0.379 e. The van der Waals surface area contributed by atoms with E-state index in [1.165, 1.54) is 0 Å². The molecule has 0 saturated carbocycles. The molecule has 1 N–H and O–H groups in total. The number of nitrogens with one attached hydrogen (secondary N) is 1. The Hall–Kier alpha value is -0.320. The number of hydrogen-bond acceptors (Lipinski definition) is 3. The Kier molecular flexibility index (Phi) is 5.92. The number of morpholine rings is 1. The quantitative estimate of drug-likeness (QED) is 0.905. The summed E-state index contributed by atoms with van der Waals surface area (Å²) in [5, 5.41) is 4.75. The molecule has 0 aromatic heterocycles. The SMILES string of the molecule is CC(CN1CCOCC1)NCc1cccc(Cl)c1Cl. The molecule has 0 amide bonds. The molecule has 0 aliphatic carbocycles. The first-order valence-corrected chi connectivity index (χ1v) is 7.39. The van der Waals surface area contributed by atoms with Gasteiger partial charge < -0.3 is 10.1 Å². The number of hydrogen-bond donors (Lipinski definition) is 1. The van der Waals surface area contributed by atoms with E-state index in [1.807, 2.05) is 18.2 Å². The molecule has 0 spiro atoms. The second kappa shape index (κ2) is 7.46. The number of nitrogens with zero attached hydrogens (tertiary/aromatic N) is 1. The Morgan fingerprint density at radius 2 is 2.05 bits per heavy atom. The molecule has 0 radical (unpaired) electrons. The summed E-state index contributed by atoms with van der Waals surface area (Å²) in [6.07, 6.45) is 0. The molecule has 106 valence electrons. The zero-order chi connectivity index (χ0) is 13.7. The minimum absolute atomic E-state index is 0.410. The van der Waals surface area contributed by atoms with Crippen molar-refractivity contribution in [3.63, 3.8) is 0 Å². The lowest BCUT2D eigenvalue weighted by Gasteiger charge is -2.29. The van der Waals surface area contributed by atoms with E-state index in [1.54, 1.807) is 0 Å². The van der Waals surface area contributed by atoms with E-state index in [4.69, 9.17) is 27.9 Å². The molecule has 3 nitrogen and oxygen atoms in total. The van der Waals surface area contributed by atoms with Gasteiger partial charge in [-0.1, -0.05) is 35.3 Å². The highest BCUT2D eigenvalue weighted by atomic mass is 35.5. The third-order valence-electron chi connectivity index (χ3n) is 3.31. The maximum atomic E-state index is 6.17. The molecule has 19 heavy (non-hydrogen) atoms. The standard InChI is InChI=1S/C14H20Cl2N2O/c1-11(10-18-5-7-19-8-6-18)17-9-12-3-2-4-13(15)14(12)16/h2-4,11,17H,5-10H2,1H3. The van der Waals surface area contributed by atoms with Crippen LogP contribution in [0.25, 0.3) is 0 Å². The van der Waals surface area contributed by atoms with Crippen LogP contribution >= 0.6 is 23.2 Å². The minimum Gasteiger partial charge on any atom is -0.379 e. The molecule has 1 heterocycles. The van der Waals surface area contributed by atoms with Gasteiger partial charge in [-0.3, -0.25) is 4.90 Å². The van der Waals surface area contributed by atoms with Crippen molar-refractivity contribution in [3.05, 3.63) is 33.8 Å². The summed E-state index contributed by atoms with van der Waals surface area (Å²) in [4.78, 5) is 2.42. The molecule has 1 unspecified atom stereocenters. The lowest BCUT2D eigenvalue weighted by molar-refractivity contribution is 0.0343. The number of halogens is 2. The average molecular weight is 303 g/mol. The van der Waals surface area contributed by atoms with Crippen LogP contribution in [0.2, 0.25) is 10.0 Å². The monoisotopic (exact) mass is 302 g/mol. The first kappa shape index (κ1) is 15.1. The molecular formula is C14H20Cl2N2O. The number of rotatable bonds is 5. The minimum atomic E-state index is 0.410. The van der Waals surface area contributed by atoms with Crippen LogP contribution in [0.1, 0.15) is 12.5 Å². The van der Waals surface area contributed by atoms with Crippen molar-refractivity contribution in [1.82, 2.24) is 10.2 Å². The van der Waals surface area contributed by atoms with Gasteiger partial charge in [0.15, 0.2) is 0 Å². The van der Waals surface area contributed by atoms with Crippen LogP contribution in [-0.4, -0.2) is 43.8 Å². The predicted octanol–water partition coefficient (Wildman–Crippen LogP) is 2.80. The smallest absolute Gasteiger partial charge is 0.0637 e. The fourth-order valence-corrected chi connectivity index (χ4v) is 2.59. The van der Waals surface area contributed by atoms with E-state index in [2.05, 4.69) is 17.1 Å². The Labute approximate surface area is 124 Å². The van der Waals surface area contributed by atoms with Crippen molar-refractivity contribution in [2.24, 2.45) is 0 Å². The molecule has 2 rings (SSSR count). The molecule has 1 aliphatic rings. The fraction of sp³-hybridized carbons (Fsp3) is 0.571. The Bertz CT molecular complexity index is 408. The van der Waals surface area contributed by atoms with Crippen LogP contribution in [0.5, 0.6) is 0 Å². The maximum absolute atomic E-state index is 6.17. The van der Waals surface area contributed by atoms with Gasteiger partial charge in [0.05, 0.1) is 23.3 Å². The highest BCUT2D eigenvalue weighted by molar-refractivity contribution is 6.42. The Morgan fingerprint density at radius 1 is 1.32 bits per heavy atom. The molecule has 1 saturated heterocycles. The normalized spacial score (nSPS) is 18.5. The van der Waals surface area contributed by atoms with Crippen molar-refractivity contribution >= 4 is 23.2 Å². The van der Waals surface area contributed by atoms with Crippen LogP contribution in [0.3, 0.4) is 0 Å². The first-order chi connectivity index (χ1) is 9.16. The molecule has 1 atom stereocenters. The second-order valence-electron chi connectivity index (χ2n) is 4.91. The third-order valence-corrected chi connectivity index (χ3v) is 4.17. The van der Waals surface area contributed by atoms with Crippen LogP contribution in [0.15, 0.2) is 18.2 Å². The van der Waals surface area contributed by atoms with E-state index in [0.717, 1.165) is 45.0 Å². The molecule has 0 bridgehead atoms. The van der Waals surface area contributed by atoms with Crippen molar-refractivity contribution < 1.29 is 4.74 Å².